The number of ether oxygens (including phenoxy) is 3. The van der Waals surface area contributed by atoms with E-state index in [2.05, 4.69) is 9.97 Å². The standard InChI is InChI=1S/C25H29F3N4O5S/c1-4-35-19-15-18-21(23(37-6-3)22(19)36-5-2)24(30-16-29-18)31-11-13-32(14-12-31)38(33,34)20-10-8-7-9-17(20)25(26,27)28/h7-10,15-16H,4-6,11-14H2,1-3H3. The summed E-state index contributed by atoms with van der Waals surface area (Å²) < 4.78 is 85.6. The van der Waals surface area contributed by atoms with Crippen molar-refractivity contribution < 1.29 is 35.8 Å². The second-order valence-electron chi connectivity index (χ2n) is 8.31. The minimum Gasteiger partial charge on any atom is -0.490 e. The molecule has 0 amide bonds. The van der Waals surface area contributed by atoms with E-state index in [0.717, 1.165) is 16.4 Å². The van der Waals surface area contributed by atoms with Crippen LogP contribution in [0.5, 0.6) is 17.2 Å². The Balaban J connectivity index is 1.69. The lowest BCUT2D eigenvalue weighted by atomic mass is 10.1. The molecular weight excluding hydrogens is 525 g/mol. The molecule has 0 atom stereocenters. The Hall–Kier alpha value is -3.32. The predicted molar refractivity (Wildman–Crippen MR) is 135 cm³/mol. The number of halogens is 3. The smallest absolute Gasteiger partial charge is 0.417 e. The molecule has 13 heteroatoms. The fourth-order valence-electron chi connectivity index (χ4n) is 4.40. The van der Waals surface area contributed by atoms with Crippen LogP contribution in [0.2, 0.25) is 0 Å². The van der Waals surface area contributed by atoms with Gasteiger partial charge in [0.15, 0.2) is 11.5 Å². The largest absolute Gasteiger partial charge is 0.490 e. The lowest BCUT2D eigenvalue weighted by Crippen LogP contribution is -2.49. The van der Waals surface area contributed by atoms with Crippen molar-refractivity contribution in [2.45, 2.75) is 31.8 Å². The zero-order valence-corrected chi connectivity index (χ0v) is 22.1. The molecule has 0 N–H and O–H groups in total. The van der Waals surface area contributed by atoms with Crippen LogP contribution in [0.4, 0.5) is 19.0 Å². The zero-order chi connectivity index (χ0) is 27.5. The lowest BCUT2D eigenvalue weighted by Gasteiger charge is -2.35. The molecule has 38 heavy (non-hydrogen) atoms. The van der Waals surface area contributed by atoms with Crippen LogP contribution in [0, 0.1) is 0 Å². The van der Waals surface area contributed by atoms with E-state index in [1.54, 1.807) is 6.07 Å². The normalized spacial score (nSPS) is 15.1. The van der Waals surface area contributed by atoms with Gasteiger partial charge in [-0.15, -0.1) is 0 Å². The van der Waals surface area contributed by atoms with Gasteiger partial charge in [0.1, 0.15) is 12.1 Å². The van der Waals surface area contributed by atoms with Crippen LogP contribution in [-0.2, 0) is 16.2 Å². The summed E-state index contributed by atoms with van der Waals surface area (Å²) in [6.45, 7) is 6.97. The number of piperazine rings is 1. The van der Waals surface area contributed by atoms with Gasteiger partial charge in [0.2, 0.25) is 15.8 Å². The van der Waals surface area contributed by atoms with E-state index >= 15 is 0 Å². The van der Waals surface area contributed by atoms with Crippen molar-refractivity contribution >= 4 is 26.7 Å². The molecule has 3 aromatic rings. The van der Waals surface area contributed by atoms with Crippen LogP contribution in [0.25, 0.3) is 10.9 Å². The fraction of sp³-hybridized carbons (Fsp3) is 0.440. The van der Waals surface area contributed by atoms with Gasteiger partial charge in [0.05, 0.1) is 41.2 Å². The first-order valence-corrected chi connectivity index (χ1v) is 13.7. The van der Waals surface area contributed by atoms with E-state index in [9.17, 15) is 21.6 Å². The van der Waals surface area contributed by atoms with Crippen LogP contribution in [0.3, 0.4) is 0 Å². The van der Waals surface area contributed by atoms with Crippen molar-refractivity contribution in [2.24, 2.45) is 0 Å². The Morgan fingerprint density at radius 3 is 2.16 bits per heavy atom. The number of aromatic nitrogens is 2. The van der Waals surface area contributed by atoms with Gasteiger partial charge in [-0.2, -0.15) is 17.5 Å². The SMILES string of the molecule is CCOc1cc2ncnc(N3CCN(S(=O)(=O)c4ccccc4C(F)(F)F)CC3)c2c(OCC)c1OCC. The summed E-state index contributed by atoms with van der Waals surface area (Å²) >= 11 is 0. The lowest BCUT2D eigenvalue weighted by molar-refractivity contribution is -0.139. The van der Waals surface area contributed by atoms with Crippen LogP contribution >= 0.6 is 0 Å². The highest BCUT2D eigenvalue weighted by Gasteiger charge is 2.39. The Morgan fingerprint density at radius 2 is 1.53 bits per heavy atom. The molecule has 206 valence electrons. The topological polar surface area (TPSA) is 94.1 Å². The number of rotatable bonds is 9. The maximum absolute atomic E-state index is 13.5. The number of alkyl halides is 3. The molecule has 0 unspecified atom stereocenters. The third-order valence-electron chi connectivity index (χ3n) is 6.01. The molecule has 9 nitrogen and oxygen atoms in total. The van der Waals surface area contributed by atoms with Gasteiger partial charge in [0, 0.05) is 32.2 Å². The molecule has 4 rings (SSSR count). The number of sulfonamides is 1. The van der Waals surface area contributed by atoms with Crippen LogP contribution in [-0.4, -0.2) is 68.7 Å². The fourth-order valence-corrected chi connectivity index (χ4v) is 6.04. The van der Waals surface area contributed by atoms with E-state index in [4.69, 9.17) is 14.2 Å². The summed E-state index contributed by atoms with van der Waals surface area (Å²) in [5, 5.41) is 0.583. The summed E-state index contributed by atoms with van der Waals surface area (Å²) in [5.41, 5.74) is -0.626. The van der Waals surface area contributed by atoms with Gasteiger partial charge in [-0.1, -0.05) is 12.1 Å². The van der Waals surface area contributed by atoms with Crippen LogP contribution in [0.1, 0.15) is 26.3 Å². The second kappa shape index (κ2) is 11.2. The van der Waals surface area contributed by atoms with E-state index < -0.39 is 26.7 Å². The van der Waals surface area contributed by atoms with Crippen LogP contribution < -0.4 is 19.1 Å². The molecule has 1 saturated heterocycles. The summed E-state index contributed by atoms with van der Waals surface area (Å²) in [7, 11) is -4.37. The molecule has 1 fully saturated rings. The second-order valence-corrected chi connectivity index (χ2v) is 10.2. The van der Waals surface area contributed by atoms with Crippen LogP contribution in [0.15, 0.2) is 41.6 Å². The molecule has 2 aromatic carbocycles. The average molecular weight is 555 g/mol. The molecule has 1 aliphatic heterocycles. The molecule has 0 saturated carbocycles. The number of hydrogen-bond acceptors (Lipinski definition) is 8. The highest BCUT2D eigenvalue weighted by Crippen LogP contribution is 2.46. The Labute approximate surface area is 219 Å². The predicted octanol–water partition coefficient (Wildman–Crippen LogP) is 4.36. The highest BCUT2D eigenvalue weighted by molar-refractivity contribution is 7.89. The highest BCUT2D eigenvalue weighted by atomic mass is 32.2. The number of anilines is 1. The molecule has 0 bridgehead atoms. The molecule has 0 radical (unpaired) electrons. The summed E-state index contributed by atoms with van der Waals surface area (Å²) in [6.07, 6.45) is -3.40. The quantitative estimate of drug-likeness (QED) is 0.385. The maximum Gasteiger partial charge on any atom is 0.417 e. The van der Waals surface area contributed by atoms with Gasteiger partial charge in [-0.05, 0) is 32.9 Å². The van der Waals surface area contributed by atoms with Crippen molar-refractivity contribution in [1.82, 2.24) is 14.3 Å². The minimum absolute atomic E-state index is 0.0284. The van der Waals surface area contributed by atoms with Crippen molar-refractivity contribution in [2.75, 3.05) is 50.9 Å². The number of benzene rings is 2. The minimum atomic E-state index is -4.79. The third kappa shape index (κ3) is 5.30. The molecule has 0 aliphatic carbocycles. The number of fused-ring (bicyclic) bond motifs is 1. The summed E-state index contributed by atoms with van der Waals surface area (Å²) in [5.74, 6) is 1.83. The number of hydrogen-bond donors (Lipinski definition) is 0. The van der Waals surface area contributed by atoms with Gasteiger partial charge >= 0.3 is 6.18 Å². The zero-order valence-electron chi connectivity index (χ0n) is 21.3. The van der Waals surface area contributed by atoms with E-state index in [0.29, 0.717) is 53.8 Å². The molecular formula is C25H29F3N4O5S. The van der Waals surface area contributed by atoms with Crippen molar-refractivity contribution in [3.63, 3.8) is 0 Å². The Bertz CT molecular complexity index is 1390. The number of nitrogens with zero attached hydrogens (tertiary/aromatic N) is 4. The molecule has 2 heterocycles. The van der Waals surface area contributed by atoms with Gasteiger partial charge < -0.3 is 19.1 Å². The summed E-state index contributed by atoms with van der Waals surface area (Å²) in [4.78, 5) is 9.96. The molecule has 1 aliphatic rings. The molecule has 1 aromatic heterocycles. The first-order chi connectivity index (χ1) is 18.1. The van der Waals surface area contributed by atoms with Crippen molar-refractivity contribution in [3.05, 3.63) is 42.2 Å². The third-order valence-corrected chi connectivity index (χ3v) is 7.96. The maximum atomic E-state index is 13.5. The van der Waals surface area contributed by atoms with Gasteiger partial charge in [-0.3, -0.25) is 0 Å². The Kier molecular flexibility index (Phi) is 8.16. The first kappa shape index (κ1) is 27.7. The van der Waals surface area contributed by atoms with E-state index in [-0.39, 0.29) is 26.2 Å². The Morgan fingerprint density at radius 1 is 0.895 bits per heavy atom. The van der Waals surface area contributed by atoms with Gasteiger partial charge in [0.25, 0.3) is 0 Å². The van der Waals surface area contributed by atoms with E-state index in [1.807, 2.05) is 25.7 Å². The summed E-state index contributed by atoms with van der Waals surface area (Å²) in [6, 6.07) is 5.96. The van der Waals surface area contributed by atoms with E-state index in [1.165, 1.54) is 18.5 Å². The van der Waals surface area contributed by atoms with Gasteiger partial charge in [-0.25, -0.2) is 18.4 Å². The monoisotopic (exact) mass is 554 g/mol. The molecule has 0 spiro atoms. The average Bonchev–Trinajstić information content (AvgIpc) is 2.90. The van der Waals surface area contributed by atoms with Crippen molar-refractivity contribution in [3.8, 4) is 17.2 Å². The van der Waals surface area contributed by atoms with Crippen molar-refractivity contribution in [1.29, 1.82) is 0 Å². The first-order valence-electron chi connectivity index (χ1n) is 12.2.